The minimum absolute atomic E-state index is 0.192. The minimum Gasteiger partial charge on any atom is -0.595 e. The molecule has 0 aromatic heterocycles. The molecule has 0 rings (SSSR count). The first-order chi connectivity index (χ1) is 5.07. The van der Waals surface area contributed by atoms with Gasteiger partial charge in [0.15, 0.2) is 0 Å². The van der Waals surface area contributed by atoms with Gasteiger partial charge in [0.25, 0.3) is 0 Å². The Morgan fingerprint density at radius 1 is 1.82 bits per heavy atom. The number of rotatable bonds is 5. The Morgan fingerprint density at radius 3 is 2.73 bits per heavy atom. The van der Waals surface area contributed by atoms with Crippen LogP contribution in [0.5, 0.6) is 0 Å². The van der Waals surface area contributed by atoms with Crippen LogP contribution in [0.25, 0.3) is 0 Å². The fourth-order valence-electron chi connectivity index (χ4n) is 0.348. The van der Waals surface area contributed by atoms with E-state index in [4.69, 9.17) is 10.2 Å². The van der Waals surface area contributed by atoms with Gasteiger partial charge >= 0.3 is 0 Å². The molecule has 0 aromatic rings. The number of quaternary nitrogens is 1. The van der Waals surface area contributed by atoms with Crippen LogP contribution in [0.3, 0.4) is 0 Å². The predicted molar refractivity (Wildman–Crippen MR) is 38.2 cm³/mol. The molecule has 0 aliphatic carbocycles. The SMILES string of the molecule is C=C(C)[NH+]([O-])OCC(O)CO. The van der Waals surface area contributed by atoms with Crippen LogP contribution in [0.4, 0.5) is 0 Å². The van der Waals surface area contributed by atoms with Gasteiger partial charge in [-0.25, -0.2) is 0 Å². The van der Waals surface area contributed by atoms with Gasteiger partial charge in [0.05, 0.1) is 6.61 Å². The zero-order valence-corrected chi connectivity index (χ0v) is 6.41. The van der Waals surface area contributed by atoms with E-state index in [1.807, 2.05) is 0 Å². The highest BCUT2D eigenvalue weighted by Gasteiger charge is 2.05. The highest BCUT2D eigenvalue weighted by molar-refractivity contribution is 4.68. The van der Waals surface area contributed by atoms with Crippen molar-refractivity contribution < 1.29 is 20.3 Å². The van der Waals surface area contributed by atoms with E-state index in [1.165, 1.54) is 6.92 Å². The van der Waals surface area contributed by atoms with Gasteiger partial charge in [0.1, 0.15) is 18.4 Å². The highest BCUT2D eigenvalue weighted by atomic mass is 16.9. The van der Waals surface area contributed by atoms with Crippen molar-refractivity contribution in [3.05, 3.63) is 17.5 Å². The van der Waals surface area contributed by atoms with Gasteiger partial charge in [-0.05, 0) is 6.58 Å². The Hall–Kier alpha value is -0.460. The maximum absolute atomic E-state index is 10.6. The molecule has 5 heteroatoms. The number of allylic oxidation sites excluding steroid dienone is 1. The topological polar surface area (TPSA) is 77.2 Å². The third-order valence-electron chi connectivity index (χ3n) is 0.966. The number of hydroxylamine groups is 2. The molecule has 0 spiro atoms. The summed E-state index contributed by atoms with van der Waals surface area (Å²) in [5, 5.41) is 27.1. The summed E-state index contributed by atoms with van der Waals surface area (Å²) in [6, 6.07) is 0. The fourth-order valence-corrected chi connectivity index (χ4v) is 0.348. The Balaban J connectivity index is 3.45. The van der Waals surface area contributed by atoms with Crippen molar-refractivity contribution in [2.24, 2.45) is 0 Å². The average molecular weight is 163 g/mol. The molecule has 0 amide bonds. The first-order valence-electron chi connectivity index (χ1n) is 3.19. The highest BCUT2D eigenvalue weighted by Crippen LogP contribution is 1.79. The van der Waals surface area contributed by atoms with Crippen LogP contribution >= 0.6 is 0 Å². The monoisotopic (exact) mass is 163 g/mol. The number of nitrogens with one attached hydrogen (secondary N) is 1. The summed E-state index contributed by atoms with van der Waals surface area (Å²) in [5.74, 6) is 0. The van der Waals surface area contributed by atoms with E-state index in [9.17, 15) is 5.21 Å². The van der Waals surface area contributed by atoms with Crippen LogP contribution < -0.4 is 5.23 Å². The summed E-state index contributed by atoms with van der Waals surface area (Å²) in [6.07, 6.45) is -1.00. The zero-order chi connectivity index (χ0) is 8.85. The van der Waals surface area contributed by atoms with E-state index >= 15 is 0 Å². The summed E-state index contributed by atoms with van der Waals surface area (Å²) in [5.41, 5.74) is 0.273. The molecule has 11 heavy (non-hydrogen) atoms. The van der Waals surface area contributed by atoms with E-state index in [2.05, 4.69) is 11.4 Å². The third kappa shape index (κ3) is 4.88. The van der Waals surface area contributed by atoms with Crippen LogP contribution in [-0.4, -0.2) is 29.5 Å². The second-order valence-electron chi connectivity index (χ2n) is 2.22. The van der Waals surface area contributed by atoms with Gasteiger partial charge in [-0.1, -0.05) is 0 Å². The van der Waals surface area contributed by atoms with Crippen LogP contribution in [0.1, 0.15) is 6.92 Å². The normalized spacial score (nSPS) is 16.0. The van der Waals surface area contributed by atoms with Crippen molar-refractivity contribution in [3.63, 3.8) is 0 Å². The fraction of sp³-hybridized carbons (Fsp3) is 0.667. The molecule has 0 aromatic carbocycles. The van der Waals surface area contributed by atoms with Crippen molar-refractivity contribution in [1.82, 2.24) is 0 Å². The van der Waals surface area contributed by atoms with E-state index in [-0.39, 0.29) is 12.3 Å². The summed E-state index contributed by atoms with van der Waals surface area (Å²) < 4.78 is 0. The lowest BCUT2D eigenvalue weighted by Crippen LogP contribution is -3.04. The number of hydrogen-bond donors (Lipinski definition) is 3. The maximum Gasteiger partial charge on any atom is 0.135 e. The van der Waals surface area contributed by atoms with Gasteiger partial charge in [-0.2, -0.15) is 10.1 Å². The summed E-state index contributed by atoms with van der Waals surface area (Å²) in [7, 11) is 0. The van der Waals surface area contributed by atoms with E-state index in [1.54, 1.807) is 0 Å². The first-order valence-corrected chi connectivity index (χ1v) is 3.19. The molecule has 66 valence electrons. The van der Waals surface area contributed by atoms with Crippen LogP contribution in [0.2, 0.25) is 0 Å². The molecule has 0 bridgehead atoms. The van der Waals surface area contributed by atoms with Crippen molar-refractivity contribution >= 4 is 0 Å². The summed E-state index contributed by atoms with van der Waals surface area (Å²) >= 11 is 0. The molecular weight excluding hydrogens is 150 g/mol. The van der Waals surface area contributed by atoms with E-state index in [0.717, 1.165) is 0 Å². The zero-order valence-electron chi connectivity index (χ0n) is 6.41. The molecule has 0 saturated heterocycles. The lowest BCUT2D eigenvalue weighted by molar-refractivity contribution is -1.02. The molecule has 0 heterocycles. The summed E-state index contributed by atoms with van der Waals surface area (Å²) in [6.45, 7) is 4.24. The molecule has 0 fully saturated rings. The second kappa shape index (κ2) is 5.22. The second-order valence-corrected chi connectivity index (χ2v) is 2.22. The van der Waals surface area contributed by atoms with Gasteiger partial charge in [0.2, 0.25) is 0 Å². The first kappa shape index (κ1) is 10.5. The molecule has 0 aliphatic rings. The van der Waals surface area contributed by atoms with Crippen molar-refractivity contribution in [2.45, 2.75) is 13.0 Å². The molecule has 2 unspecified atom stereocenters. The summed E-state index contributed by atoms with van der Waals surface area (Å²) in [4.78, 5) is 4.51. The lowest BCUT2D eigenvalue weighted by atomic mass is 10.4. The Bertz CT molecular complexity index is 128. The smallest absolute Gasteiger partial charge is 0.135 e. The van der Waals surface area contributed by atoms with Crippen molar-refractivity contribution in [3.8, 4) is 0 Å². The van der Waals surface area contributed by atoms with Crippen LogP contribution in [0, 0.1) is 5.21 Å². The Kier molecular flexibility index (Phi) is 5.01. The minimum atomic E-state index is -1.00. The maximum atomic E-state index is 10.6. The third-order valence-corrected chi connectivity index (χ3v) is 0.966. The molecule has 0 radical (unpaired) electrons. The van der Waals surface area contributed by atoms with Crippen LogP contribution in [-0.2, 0) is 4.84 Å². The molecule has 0 aliphatic heterocycles. The predicted octanol–water partition coefficient (Wildman–Crippen LogP) is -1.81. The van der Waals surface area contributed by atoms with Gasteiger partial charge in [0, 0.05) is 6.92 Å². The molecular formula is C6H13NO4. The van der Waals surface area contributed by atoms with Crippen LogP contribution in [0.15, 0.2) is 12.3 Å². The Morgan fingerprint density at radius 2 is 2.36 bits per heavy atom. The van der Waals surface area contributed by atoms with E-state index < -0.39 is 17.9 Å². The van der Waals surface area contributed by atoms with Crippen molar-refractivity contribution in [1.29, 1.82) is 0 Å². The van der Waals surface area contributed by atoms with Crippen molar-refractivity contribution in [2.75, 3.05) is 13.2 Å². The average Bonchev–Trinajstić information content (AvgIpc) is 1.99. The standard InChI is InChI=1S/C6H13NO4/c1-5(2)7(10)11-4-6(9)3-8/h6-9H,1,3-4H2,2H3. The molecule has 3 N–H and O–H groups in total. The largest absolute Gasteiger partial charge is 0.595 e. The molecule has 2 atom stereocenters. The number of aliphatic hydroxyl groups excluding tert-OH is 2. The number of aliphatic hydroxyl groups is 2. The quantitative estimate of drug-likeness (QED) is 0.417. The number of hydrogen-bond acceptors (Lipinski definition) is 4. The van der Waals surface area contributed by atoms with Gasteiger partial charge in [-0.15, -0.1) is 0 Å². The Labute approximate surface area is 65.0 Å². The molecule has 0 saturated carbocycles. The van der Waals surface area contributed by atoms with Gasteiger partial charge in [-0.3, -0.25) is 0 Å². The molecule has 5 nitrogen and oxygen atoms in total. The lowest BCUT2D eigenvalue weighted by Gasteiger charge is -2.19. The van der Waals surface area contributed by atoms with Gasteiger partial charge < -0.3 is 15.4 Å². The van der Waals surface area contributed by atoms with E-state index in [0.29, 0.717) is 0 Å².